The van der Waals surface area contributed by atoms with E-state index in [0.717, 1.165) is 43.4 Å². The summed E-state index contributed by atoms with van der Waals surface area (Å²) in [7, 11) is 0. The largest absolute Gasteiger partial charge is 0.481 e. The van der Waals surface area contributed by atoms with Crippen molar-refractivity contribution >= 4 is 17.9 Å². The topological polar surface area (TPSA) is 101 Å². The van der Waals surface area contributed by atoms with Crippen LogP contribution >= 0.6 is 0 Å². The van der Waals surface area contributed by atoms with Crippen LogP contribution in [0.4, 0.5) is 0 Å². The van der Waals surface area contributed by atoms with Crippen LogP contribution in [0, 0.1) is 46.3 Å². The molecule has 192 valence electrons. The molecule has 4 fully saturated rings. The molecule has 0 heterocycles. The number of aliphatic carboxylic acids is 2. The van der Waals surface area contributed by atoms with Gasteiger partial charge in [-0.15, -0.1) is 0 Å². The van der Waals surface area contributed by atoms with Gasteiger partial charge in [-0.1, -0.05) is 20.8 Å². The van der Waals surface area contributed by atoms with E-state index in [1.165, 1.54) is 38.5 Å². The number of hydrogen-bond donors (Lipinski definition) is 2. The van der Waals surface area contributed by atoms with Gasteiger partial charge in [0.25, 0.3) is 0 Å². The summed E-state index contributed by atoms with van der Waals surface area (Å²) >= 11 is 0. The maximum Gasteiger partial charge on any atom is 0.306 e. The van der Waals surface area contributed by atoms with Gasteiger partial charge in [-0.05, 0) is 111 Å². The maximum atomic E-state index is 12.1. The van der Waals surface area contributed by atoms with Gasteiger partial charge >= 0.3 is 17.9 Å². The first-order chi connectivity index (χ1) is 16.0. The van der Waals surface area contributed by atoms with Crippen LogP contribution in [-0.4, -0.2) is 34.2 Å². The fourth-order valence-electron chi connectivity index (χ4n) is 9.31. The minimum Gasteiger partial charge on any atom is -0.481 e. The Morgan fingerprint density at radius 3 is 2.24 bits per heavy atom. The van der Waals surface area contributed by atoms with Crippen molar-refractivity contribution in [2.75, 3.05) is 0 Å². The van der Waals surface area contributed by atoms with E-state index in [4.69, 9.17) is 14.9 Å². The lowest BCUT2D eigenvalue weighted by atomic mass is 9.44. The van der Waals surface area contributed by atoms with E-state index in [9.17, 15) is 14.4 Å². The molecule has 0 bridgehead atoms. The lowest BCUT2D eigenvalue weighted by Crippen LogP contribution is -2.54. The van der Waals surface area contributed by atoms with Gasteiger partial charge in [-0.2, -0.15) is 0 Å². The lowest BCUT2D eigenvalue weighted by molar-refractivity contribution is -0.164. The molecule has 0 spiro atoms. The highest BCUT2D eigenvalue weighted by Crippen LogP contribution is 2.68. The van der Waals surface area contributed by atoms with E-state index in [1.807, 2.05) is 0 Å². The number of carbonyl (C=O) groups is 3. The van der Waals surface area contributed by atoms with E-state index in [0.29, 0.717) is 28.6 Å². The molecule has 4 aliphatic rings. The van der Waals surface area contributed by atoms with E-state index < -0.39 is 11.9 Å². The van der Waals surface area contributed by atoms with Crippen molar-refractivity contribution in [3.05, 3.63) is 0 Å². The molecule has 2 unspecified atom stereocenters. The average molecular weight is 477 g/mol. The van der Waals surface area contributed by atoms with Crippen LogP contribution in [0.1, 0.15) is 104 Å². The van der Waals surface area contributed by atoms with Gasteiger partial charge in [0, 0.05) is 6.42 Å². The summed E-state index contributed by atoms with van der Waals surface area (Å²) in [6.07, 6.45) is 11.3. The normalized spacial score (nSPS) is 42.1. The second-order valence-corrected chi connectivity index (χ2v) is 12.6. The van der Waals surface area contributed by atoms with Crippen LogP contribution in [0.3, 0.4) is 0 Å². The fourth-order valence-corrected chi connectivity index (χ4v) is 9.31. The molecule has 6 nitrogen and oxygen atoms in total. The van der Waals surface area contributed by atoms with Crippen molar-refractivity contribution in [1.82, 2.24) is 0 Å². The van der Waals surface area contributed by atoms with Crippen LogP contribution < -0.4 is 0 Å². The summed E-state index contributed by atoms with van der Waals surface area (Å²) in [6, 6.07) is 0. The predicted molar refractivity (Wildman–Crippen MR) is 128 cm³/mol. The Labute approximate surface area is 204 Å². The van der Waals surface area contributed by atoms with Crippen molar-refractivity contribution < 1.29 is 29.3 Å². The average Bonchev–Trinajstić information content (AvgIpc) is 3.13. The highest BCUT2D eigenvalue weighted by molar-refractivity contribution is 5.76. The second-order valence-electron chi connectivity index (χ2n) is 12.6. The highest BCUT2D eigenvalue weighted by Gasteiger charge is 2.60. The third-order valence-corrected chi connectivity index (χ3v) is 11.0. The molecule has 9 atom stereocenters. The predicted octanol–water partition coefficient (Wildman–Crippen LogP) is 5.92. The maximum absolute atomic E-state index is 12.1. The number of carboxylic acids is 2. The molecule has 0 aromatic carbocycles. The number of carbonyl (C=O) groups excluding carboxylic acids is 1. The first-order valence-corrected chi connectivity index (χ1v) is 13.7. The minimum absolute atomic E-state index is 0.0369. The Morgan fingerprint density at radius 1 is 0.853 bits per heavy atom. The van der Waals surface area contributed by atoms with E-state index in [-0.39, 0.29) is 31.3 Å². The summed E-state index contributed by atoms with van der Waals surface area (Å²) < 4.78 is 5.69. The summed E-state index contributed by atoms with van der Waals surface area (Å²) in [5, 5.41) is 18.0. The molecule has 4 rings (SSSR count). The first-order valence-electron chi connectivity index (χ1n) is 13.7. The number of ether oxygens (including phenoxy) is 1. The molecule has 0 saturated heterocycles. The summed E-state index contributed by atoms with van der Waals surface area (Å²) in [5.74, 6) is 1.96. The van der Waals surface area contributed by atoms with Gasteiger partial charge < -0.3 is 14.9 Å². The van der Waals surface area contributed by atoms with Crippen molar-refractivity contribution in [3.63, 3.8) is 0 Å². The number of carboxylic acid groups (broad SMARTS) is 2. The van der Waals surface area contributed by atoms with Crippen molar-refractivity contribution in [2.45, 2.75) is 110 Å². The molecule has 4 saturated carbocycles. The second kappa shape index (κ2) is 9.81. The molecule has 4 aliphatic carbocycles. The fraction of sp³-hybridized carbons (Fsp3) is 0.893. The third-order valence-electron chi connectivity index (χ3n) is 11.0. The van der Waals surface area contributed by atoms with Gasteiger partial charge in [0.05, 0.1) is 12.8 Å². The molecule has 6 heteroatoms. The molecule has 2 N–H and O–H groups in total. The monoisotopic (exact) mass is 476 g/mol. The van der Waals surface area contributed by atoms with Gasteiger partial charge in [-0.25, -0.2) is 0 Å². The van der Waals surface area contributed by atoms with E-state index in [2.05, 4.69) is 20.8 Å². The Balaban J connectivity index is 1.39. The van der Waals surface area contributed by atoms with Crippen LogP contribution in [0.15, 0.2) is 0 Å². The Bertz CT molecular complexity index is 794. The summed E-state index contributed by atoms with van der Waals surface area (Å²) in [4.78, 5) is 34.0. The number of rotatable bonds is 8. The van der Waals surface area contributed by atoms with Gasteiger partial charge in [-0.3, -0.25) is 14.4 Å². The van der Waals surface area contributed by atoms with Crippen LogP contribution in [0.5, 0.6) is 0 Å². The van der Waals surface area contributed by atoms with E-state index in [1.54, 1.807) is 0 Å². The van der Waals surface area contributed by atoms with E-state index >= 15 is 0 Å². The SMILES string of the molecule is C[C@H](CCC(=O)O)[C@@H]1CC[C@@H]2[C@@H]3CCC4CC(OC(=O)CCC(=O)O)CC[C@]4(C)[C@@H]3CC[C@@]21C. The molecular formula is C28H44O6. The quantitative estimate of drug-likeness (QED) is 0.422. The number of fused-ring (bicyclic) bond motifs is 5. The Morgan fingerprint density at radius 2 is 1.53 bits per heavy atom. The van der Waals surface area contributed by atoms with Gasteiger partial charge in [0.2, 0.25) is 0 Å². The van der Waals surface area contributed by atoms with Crippen molar-refractivity contribution in [2.24, 2.45) is 46.3 Å². The Hall–Kier alpha value is -1.59. The van der Waals surface area contributed by atoms with Crippen LogP contribution in [0.2, 0.25) is 0 Å². The zero-order valence-corrected chi connectivity index (χ0v) is 21.3. The lowest BCUT2D eigenvalue weighted by Gasteiger charge is -2.61. The molecule has 0 aromatic rings. The van der Waals surface area contributed by atoms with Crippen molar-refractivity contribution in [3.8, 4) is 0 Å². The molecule has 0 radical (unpaired) electrons. The molecule has 0 aromatic heterocycles. The van der Waals surface area contributed by atoms with Crippen molar-refractivity contribution in [1.29, 1.82) is 0 Å². The van der Waals surface area contributed by atoms with Crippen LogP contribution in [0.25, 0.3) is 0 Å². The highest BCUT2D eigenvalue weighted by atomic mass is 16.5. The van der Waals surface area contributed by atoms with Gasteiger partial charge in [0.1, 0.15) is 6.10 Å². The Kier molecular flexibility index (Phi) is 7.36. The summed E-state index contributed by atoms with van der Waals surface area (Å²) in [5.41, 5.74) is 0.653. The smallest absolute Gasteiger partial charge is 0.306 e. The molecule has 34 heavy (non-hydrogen) atoms. The zero-order valence-electron chi connectivity index (χ0n) is 21.3. The summed E-state index contributed by atoms with van der Waals surface area (Å²) in [6.45, 7) is 7.30. The molecule has 0 aliphatic heterocycles. The van der Waals surface area contributed by atoms with Crippen LogP contribution in [-0.2, 0) is 19.1 Å². The zero-order chi connectivity index (χ0) is 24.7. The number of esters is 1. The third kappa shape index (κ3) is 4.75. The standard InChI is InChI=1S/C28H44O6/c1-17(4-9-24(29)30)21-7-8-22-20-6-5-18-16-19(34-26(33)11-10-25(31)32)12-14-27(18,2)23(20)13-15-28(21,22)3/h17-23H,4-16H2,1-3H3,(H,29,30)(H,31,32)/t17-,18?,19?,20+,21+,22-,23-,27+,28-/m1/s1. The minimum atomic E-state index is -0.957. The first kappa shape index (κ1) is 25.5. The molecular weight excluding hydrogens is 432 g/mol. The molecule has 0 amide bonds. The number of hydrogen-bond acceptors (Lipinski definition) is 4. The van der Waals surface area contributed by atoms with Gasteiger partial charge in [0.15, 0.2) is 0 Å².